The molecule has 0 radical (unpaired) electrons. The first-order valence-corrected chi connectivity index (χ1v) is 9.58. The van der Waals surface area contributed by atoms with Gasteiger partial charge in [0.15, 0.2) is 0 Å². The van der Waals surface area contributed by atoms with Crippen molar-refractivity contribution in [1.29, 1.82) is 0 Å². The Morgan fingerprint density at radius 2 is 1.75 bits per heavy atom. The van der Waals surface area contributed by atoms with Gasteiger partial charge in [0.25, 0.3) is 17.3 Å². The number of hydrogen-bond acceptors (Lipinski definition) is 10. The molecule has 3 rings (SSSR count). The number of nitro groups is 2. The van der Waals surface area contributed by atoms with Crippen LogP contribution < -0.4 is 10.7 Å². The van der Waals surface area contributed by atoms with E-state index in [1.807, 2.05) is 0 Å². The minimum atomic E-state index is -0.572. The Hall–Kier alpha value is -4.59. The van der Waals surface area contributed by atoms with Crippen LogP contribution in [0.2, 0.25) is 0 Å². The highest BCUT2D eigenvalue weighted by atomic mass is 32.1. The van der Waals surface area contributed by atoms with Gasteiger partial charge < -0.3 is 0 Å². The third kappa shape index (κ3) is 5.96. The van der Waals surface area contributed by atoms with Crippen LogP contribution in [0.5, 0.6) is 0 Å². The van der Waals surface area contributed by atoms with Gasteiger partial charge in [-0.15, -0.1) is 10.2 Å². The van der Waals surface area contributed by atoms with Gasteiger partial charge in [-0.25, -0.2) is 5.43 Å². The van der Waals surface area contributed by atoms with Crippen molar-refractivity contribution in [2.24, 2.45) is 5.10 Å². The predicted molar refractivity (Wildman–Crippen MR) is 113 cm³/mol. The zero-order valence-electron chi connectivity index (χ0n) is 16.0. The minimum absolute atomic E-state index is 0.0996. The zero-order valence-corrected chi connectivity index (χ0v) is 16.8. The monoisotopic (exact) mass is 455 g/mol. The van der Waals surface area contributed by atoms with Crippen molar-refractivity contribution >= 4 is 45.9 Å². The molecule has 14 heteroatoms. The van der Waals surface area contributed by atoms with Crippen LogP contribution in [0.25, 0.3) is 0 Å². The van der Waals surface area contributed by atoms with E-state index in [4.69, 9.17) is 0 Å². The minimum Gasteiger partial charge on any atom is -0.296 e. The standard InChI is InChI=1S/C18H13N7O6S/c26-15(21-19-10-11-2-1-3-14(8-11)25(30)31)9-16-22-23-18(32-16)20-17(27)12-4-6-13(7-5-12)24(28)29/h1-8,10H,9H2,(H,21,26)(H,20,23,27)/b19-10+. The lowest BCUT2D eigenvalue weighted by atomic mass is 10.2. The lowest BCUT2D eigenvalue weighted by Crippen LogP contribution is -2.19. The van der Waals surface area contributed by atoms with Gasteiger partial charge in [-0.1, -0.05) is 23.5 Å². The van der Waals surface area contributed by atoms with E-state index in [1.165, 1.54) is 48.7 Å². The number of anilines is 1. The number of hydrogen-bond donors (Lipinski definition) is 2. The number of carbonyl (C=O) groups excluding carboxylic acids is 2. The number of nitrogens with zero attached hydrogens (tertiary/aromatic N) is 5. The van der Waals surface area contributed by atoms with Crippen molar-refractivity contribution in [3.8, 4) is 0 Å². The molecule has 0 spiro atoms. The van der Waals surface area contributed by atoms with Gasteiger partial charge in [-0.05, 0) is 12.1 Å². The van der Waals surface area contributed by atoms with E-state index in [0.717, 1.165) is 11.3 Å². The molecule has 2 N–H and O–H groups in total. The third-order valence-electron chi connectivity index (χ3n) is 3.82. The molecule has 0 fully saturated rings. The van der Waals surface area contributed by atoms with Crippen molar-refractivity contribution in [3.05, 3.63) is 84.9 Å². The molecule has 0 aliphatic rings. The molecule has 1 aromatic heterocycles. The van der Waals surface area contributed by atoms with Gasteiger partial charge in [-0.3, -0.25) is 35.1 Å². The molecule has 0 atom stereocenters. The Balaban J connectivity index is 1.52. The molecule has 0 bridgehead atoms. The van der Waals surface area contributed by atoms with Crippen LogP contribution >= 0.6 is 11.3 Å². The van der Waals surface area contributed by atoms with Gasteiger partial charge in [-0.2, -0.15) is 5.10 Å². The van der Waals surface area contributed by atoms with Gasteiger partial charge >= 0.3 is 0 Å². The van der Waals surface area contributed by atoms with Crippen LogP contribution in [0.4, 0.5) is 16.5 Å². The Morgan fingerprint density at radius 1 is 1.03 bits per heavy atom. The number of rotatable bonds is 8. The Bertz CT molecular complexity index is 1210. The molecule has 0 unspecified atom stereocenters. The molecule has 0 aliphatic heterocycles. The largest absolute Gasteiger partial charge is 0.296 e. The number of nitro benzene ring substituents is 2. The van der Waals surface area contributed by atoms with Crippen LogP contribution in [-0.4, -0.2) is 38.1 Å². The summed E-state index contributed by atoms with van der Waals surface area (Å²) in [6.07, 6.45) is 1.11. The van der Waals surface area contributed by atoms with Crippen molar-refractivity contribution in [3.63, 3.8) is 0 Å². The summed E-state index contributed by atoms with van der Waals surface area (Å²) in [6, 6.07) is 10.8. The second-order valence-electron chi connectivity index (χ2n) is 6.08. The summed E-state index contributed by atoms with van der Waals surface area (Å²) >= 11 is 0.977. The van der Waals surface area contributed by atoms with Gasteiger partial charge in [0.2, 0.25) is 11.0 Å². The summed E-state index contributed by atoms with van der Waals surface area (Å²) in [5.74, 6) is -1.04. The van der Waals surface area contributed by atoms with Crippen molar-refractivity contribution < 1.29 is 19.4 Å². The number of amides is 2. The van der Waals surface area contributed by atoms with Gasteiger partial charge in [0.05, 0.1) is 22.5 Å². The smallest absolute Gasteiger partial charge is 0.270 e. The van der Waals surface area contributed by atoms with Crippen LogP contribution in [0.3, 0.4) is 0 Å². The van der Waals surface area contributed by atoms with E-state index in [0.29, 0.717) is 10.6 Å². The van der Waals surface area contributed by atoms with Gasteiger partial charge in [0, 0.05) is 35.4 Å². The molecule has 1 heterocycles. The molecule has 13 nitrogen and oxygen atoms in total. The number of nitrogens with one attached hydrogen (secondary N) is 2. The van der Waals surface area contributed by atoms with E-state index in [2.05, 4.69) is 26.0 Å². The fourth-order valence-corrected chi connectivity index (χ4v) is 3.09. The lowest BCUT2D eigenvalue weighted by molar-refractivity contribution is -0.385. The molecule has 0 saturated heterocycles. The first-order chi connectivity index (χ1) is 15.3. The quantitative estimate of drug-likeness (QED) is 0.294. The average molecular weight is 455 g/mol. The maximum atomic E-state index is 12.2. The number of aromatic nitrogens is 2. The van der Waals surface area contributed by atoms with Crippen molar-refractivity contribution in [2.45, 2.75) is 6.42 Å². The number of carbonyl (C=O) groups is 2. The Morgan fingerprint density at radius 3 is 2.44 bits per heavy atom. The second-order valence-corrected chi connectivity index (χ2v) is 7.14. The molecule has 32 heavy (non-hydrogen) atoms. The van der Waals surface area contributed by atoms with Crippen LogP contribution in [0.15, 0.2) is 53.6 Å². The SMILES string of the molecule is O=C(Cc1nnc(NC(=O)c2ccc([N+](=O)[O-])cc2)s1)N/N=C/c1cccc([N+](=O)[O-])c1. The number of non-ortho nitro benzene ring substituents is 2. The molecule has 0 saturated carbocycles. The molecule has 2 aromatic carbocycles. The summed E-state index contributed by atoms with van der Waals surface area (Å²) < 4.78 is 0. The maximum Gasteiger partial charge on any atom is 0.270 e. The molecule has 2 amide bonds. The normalized spacial score (nSPS) is 10.6. The molecule has 0 aliphatic carbocycles. The number of hydrazone groups is 1. The van der Waals surface area contributed by atoms with Crippen molar-refractivity contribution in [2.75, 3.05) is 5.32 Å². The van der Waals surface area contributed by atoms with Crippen LogP contribution in [-0.2, 0) is 11.2 Å². The van der Waals surface area contributed by atoms with E-state index in [9.17, 15) is 29.8 Å². The fourth-order valence-electron chi connectivity index (χ4n) is 2.35. The lowest BCUT2D eigenvalue weighted by Gasteiger charge is -2.00. The highest BCUT2D eigenvalue weighted by Crippen LogP contribution is 2.18. The summed E-state index contributed by atoms with van der Waals surface area (Å²) in [4.78, 5) is 44.5. The topological polar surface area (TPSA) is 183 Å². The Kier molecular flexibility index (Phi) is 6.87. The average Bonchev–Trinajstić information content (AvgIpc) is 3.20. The molecular weight excluding hydrogens is 442 g/mol. The van der Waals surface area contributed by atoms with Gasteiger partial charge in [0.1, 0.15) is 5.01 Å². The first-order valence-electron chi connectivity index (χ1n) is 8.76. The van der Waals surface area contributed by atoms with Crippen LogP contribution in [0.1, 0.15) is 20.9 Å². The van der Waals surface area contributed by atoms with E-state index < -0.39 is 21.7 Å². The second kappa shape index (κ2) is 9.94. The fraction of sp³-hybridized carbons (Fsp3) is 0.0556. The summed E-state index contributed by atoms with van der Waals surface area (Å²) in [5.41, 5.74) is 2.67. The van der Waals surface area contributed by atoms with E-state index >= 15 is 0 Å². The summed E-state index contributed by atoms with van der Waals surface area (Å²) in [7, 11) is 0. The number of benzene rings is 2. The van der Waals surface area contributed by atoms with Crippen molar-refractivity contribution in [1.82, 2.24) is 15.6 Å². The predicted octanol–water partition coefficient (Wildman–Crippen LogP) is 2.30. The maximum absolute atomic E-state index is 12.2. The first kappa shape index (κ1) is 22.1. The van der Waals surface area contributed by atoms with E-state index in [-0.39, 0.29) is 28.5 Å². The summed E-state index contributed by atoms with van der Waals surface area (Å²) in [5, 5.41) is 35.7. The Labute approximate surface area is 183 Å². The van der Waals surface area contributed by atoms with Crippen LogP contribution in [0, 0.1) is 20.2 Å². The summed E-state index contributed by atoms with van der Waals surface area (Å²) in [6.45, 7) is 0. The van der Waals surface area contributed by atoms with E-state index in [1.54, 1.807) is 6.07 Å². The highest BCUT2D eigenvalue weighted by Gasteiger charge is 2.14. The zero-order chi connectivity index (χ0) is 23.1. The molecule has 162 valence electrons. The molecule has 3 aromatic rings. The molecular formula is C18H13N7O6S. The third-order valence-corrected chi connectivity index (χ3v) is 4.66. The highest BCUT2D eigenvalue weighted by molar-refractivity contribution is 7.15.